The standard InChI is InChI=1S/C15H14Cl2N2O2/c16-15(17)8-12(15)9-19-13(20)10-18(14(19)21)7-6-11-4-2-1-3-5-11/h1-7,12H,8-10H2/b7-6+. The molecule has 3 rings (SSSR count). The van der Waals surface area contributed by atoms with Gasteiger partial charge in [0.15, 0.2) is 0 Å². The topological polar surface area (TPSA) is 40.6 Å². The second-order valence-corrected chi connectivity index (χ2v) is 6.85. The molecule has 110 valence electrons. The van der Waals surface area contributed by atoms with Crippen molar-refractivity contribution >= 4 is 41.2 Å². The van der Waals surface area contributed by atoms with E-state index < -0.39 is 4.33 Å². The van der Waals surface area contributed by atoms with E-state index in [1.54, 1.807) is 12.3 Å². The predicted molar refractivity (Wildman–Crippen MR) is 81.8 cm³/mol. The Morgan fingerprint density at radius 1 is 1.24 bits per heavy atom. The van der Waals surface area contributed by atoms with Crippen LogP contribution >= 0.6 is 23.2 Å². The Hall–Kier alpha value is -1.52. The number of urea groups is 1. The van der Waals surface area contributed by atoms with Gasteiger partial charge in [0.25, 0.3) is 5.91 Å². The van der Waals surface area contributed by atoms with Crippen LogP contribution in [0.1, 0.15) is 12.0 Å². The van der Waals surface area contributed by atoms with Crippen LogP contribution < -0.4 is 0 Å². The molecule has 1 aromatic rings. The fourth-order valence-electron chi connectivity index (χ4n) is 2.29. The molecule has 1 saturated heterocycles. The number of imide groups is 1. The van der Waals surface area contributed by atoms with Gasteiger partial charge in [0.1, 0.15) is 10.9 Å². The molecule has 3 amide bonds. The van der Waals surface area contributed by atoms with Crippen molar-refractivity contribution in [3.8, 4) is 0 Å². The third-order valence-corrected chi connectivity index (χ3v) is 4.61. The molecule has 0 radical (unpaired) electrons. The summed E-state index contributed by atoms with van der Waals surface area (Å²) in [4.78, 5) is 26.8. The van der Waals surface area contributed by atoms with Crippen LogP contribution in [-0.4, -0.2) is 39.2 Å². The van der Waals surface area contributed by atoms with Gasteiger partial charge >= 0.3 is 6.03 Å². The Balaban J connectivity index is 1.65. The molecule has 6 heteroatoms. The SMILES string of the molecule is O=C1CN(/C=C/c2ccccc2)C(=O)N1CC1CC1(Cl)Cl. The summed E-state index contributed by atoms with van der Waals surface area (Å²) in [5.74, 6) is -0.236. The van der Waals surface area contributed by atoms with E-state index in [9.17, 15) is 9.59 Å². The number of hydrogen-bond donors (Lipinski definition) is 0. The molecule has 21 heavy (non-hydrogen) atoms. The average molecular weight is 325 g/mol. The van der Waals surface area contributed by atoms with Crippen molar-refractivity contribution < 1.29 is 9.59 Å². The molecule has 0 aromatic heterocycles. The summed E-state index contributed by atoms with van der Waals surface area (Å²) in [6.07, 6.45) is 4.06. The van der Waals surface area contributed by atoms with Crippen LogP contribution in [0, 0.1) is 5.92 Å². The highest BCUT2D eigenvalue weighted by atomic mass is 35.5. The first-order chi connectivity index (χ1) is 9.97. The van der Waals surface area contributed by atoms with Crippen molar-refractivity contribution in [3.05, 3.63) is 42.1 Å². The molecule has 0 spiro atoms. The first kappa shape index (κ1) is 14.4. The van der Waals surface area contributed by atoms with Gasteiger partial charge in [0, 0.05) is 18.7 Å². The van der Waals surface area contributed by atoms with E-state index >= 15 is 0 Å². The quantitative estimate of drug-likeness (QED) is 0.630. The van der Waals surface area contributed by atoms with Crippen LogP contribution in [0.2, 0.25) is 0 Å². The lowest BCUT2D eigenvalue weighted by molar-refractivity contribution is -0.125. The predicted octanol–water partition coefficient (Wildman–Crippen LogP) is 3.12. The fraction of sp³-hybridized carbons (Fsp3) is 0.333. The van der Waals surface area contributed by atoms with E-state index in [-0.39, 0.29) is 24.4 Å². The molecule has 1 aliphatic carbocycles. The minimum Gasteiger partial charge on any atom is -0.291 e. The monoisotopic (exact) mass is 324 g/mol. The summed E-state index contributed by atoms with van der Waals surface area (Å²) in [6.45, 7) is 0.354. The molecule has 0 N–H and O–H groups in total. The van der Waals surface area contributed by atoms with Crippen molar-refractivity contribution in [2.45, 2.75) is 10.8 Å². The van der Waals surface area contributed by atoms with Gasteiger partial charge in [-0.1, -0.05) is 30.3 Å². The molecule has 4 nitrogen and oxygen atoms in total. The van der Waals surface area contributed by atoms with Crippen molar-refractivity contribution in [2.24, 2.45) is 5.92 Å². The molecule has 1 aromatic carbocycles. The minimum atomic E-state index is -0.784. The Morgan fingerprint density at radius 2 is 1.90 bits per heavy atom. The summed E-state index contributed by atoms with van der Waals surface area (Å²) in [7, 11) is 0. The lowest BCUT2D eigenvalue weighted by Gasteiger charge is -2.14. The number of carbonyl (C=O) groups excluding carboxylic acids is 2. The van der Waals surface area contributed by atoms with Crippen molar-refractivity contribution in [1.29, 1.82) is 0 Å². The number of nitrogens with zero attached hydrogens (tertiary/aromatic N) is 2. The molecular formula is C15H14Cl2N2O2. The average Bonchev–Trinajstić information content (AvgIpc) is 2.98. The zero-order chi connectivity index (χ0) is 15.0. The van der Waals surface area contributed by atoms with Crippen LogP contribution in [0.5, 0.6) is 0 Å². The number of rotatable bonds is 4. The van der Waals surface area contributed by atoms with Crippen LogP contribution in [0.15, 0.2) is 36.5 Å². The molecular weight excluding hydrogens is 311 g/mol. The first-order valence-electron chi connectivity index (χ1n) is 6.69. The highest BCUT2D eigenvalue weighted by molar-refractivity contribution is 6.50. The smallest absolute Gasteiger partial charge is 0.291 e. The maximum Gasteiger partial charge on any atom is 0.331 e. The molecule has 2 fully saturated rings. The lowest BCUT2D eigenvalue weighted by atomic mass is 10.2. The molecule has 0 bridgehead atoms. The number of benzene rings is 1. The molecule has 2 aliphatic rings. The van der Waals surface area contributed by atoms with Gasteiger partial charge < -0.3 is 0 Å². The summed E-state index contributed by atoms with van der Waals surface area (Å²) in [5.41, 5.74) is 0.971. The maximum atomic E-state index is 12.2. The Morgan fingerprint density at radius 3 is 2.52 bits per heavy atom. The highest BCUT2D eigenvalue weighted by Crippen LogP contribution is 2.53. The third kappa shape index (κ3) is 3.06. The van der Waals surface area contributed by atoms with E-state index in [0.29, 0.717) is 13.0 Å². The van der Waals surface area contributed by atoms with E-state index in [1.165, 1.54) is 9.80 Å². The first-order valence-corrected chi connectivity index (χ1v) is 7.45. The van der Waals surface area contributed by atoms with Crippen LogP contribution in [0.4, 0.5) is 4.79 Å². The molecule has 1 saturated carbocycles. The van der Waals surface area contributed by atoms with E-state index in [4.69, 9.17) is 23.2 Å². The molecule has 1 atom stereocenters. The van der Waals surface area contributed by atoms with Gasteiger partial charge in [0.2, 0.25) is 0 Å². The Kier molecular flexibility index (Phi) is 3.68. The lowest BCUT2D eigenvalue weighted by Crippen LogP contribution is -2.33. The van der Waals surface area contributed by atoms with Gasteiger partial charge in [-0.2, -0.15) is 0 Å². The van der Waals surface area contributed by atoms with Gasteiger partial charge in [-0.05, 0) is 18.1 Å². The maximum absolute atomic E-state index is 12.2. The van der Waals surface area contributed by atoms with Crippen molar-refractivity contribution in [1.82, 2.24) is 9.80 Å². The zero-order valence-electron chi connectivity index (χ0n) is 11.2. The molecule has 1 aliphatic heterocycles. The Bertz CT molecular complexity index is 601. The largest absolute Gasteiger partial charge is 0.331 e. The summed E-state index contributed by atoms with van der Waals surface area (Å²) in [5, 5.41) is 0. The second-order valence-electron chi connectivity index (χ2n) is 5.30. The van der Waals surface area contributed by atoms with Gasteiger partial charge in [0.05, 0.1) is 0 Å². The fourth-order valence-corrected chi connectivity index (χ4v) is 2.80. The number of alkyl halides is 2. The van der Waals surface area contributed by atoms with Crippen LogP contribution in [0.3, 0.4) is 0 Å². The number of amides is 3. The highest BCUT2D eigenvalue weighted by Gasteiger charge is 2.54. The van der Waals surface area contributed by atoms with Crippen LogP contribution in [0.25, 0.3) is 6.08 Å². The summed E-state index contributed by atoms with van der Waals surface area (Å²) < 4.78 is -0.784. The van der Waals surface area contributed by atoms with E-state index in [1.807, 2.05) is 30.3 Å². The minimum absolute atomic E-state index is 0.0215. The Labute approximate surface area is 132 Å². The number of halogens is 2. The second kappa shape index (κ2) is 5.35. The number of carbonyl (C=O) groups is 2. The normalized spacial score (nSPS) is 24.2. The van der Waals surface area contributed by atoms with Crippen molar-refractivity contribution in [3.63, 3.8) is 0 Å². The summed E-state index contributed by atoms with van der Waals surface area (Å²) >= 11 is 11.9. The molecule has 1 heterocycles. The number of hydrogen-bond acceptors (Lipinski definition) is 2. The molecule has 1 unspecified atom stereocenters. The zero-order valence-corrected chi connectivity index (χ0v) is 12.7. The van der Waals surface area contributed by atoms with Gasteiger partial charge in [-0.15, -0.1) is 23.2 Å². The van der Waals surface area contributed by atoms with E-state index in [2.05, 4.69) is 0 Å². The third-order valence-electron chi connectivity index (χ3n) is 3.69. The van der Waals surface area contributed by atoms with Gasteiger partial charge in [-0.25, -0.2) is 4.79 Å². The van der Waals surface area contributed by atoms with Crippen molar-refractivity contribution in [2.75, 3.05) is 13.1 Å². The van der Waals surface area contributed by atoms with E-state index in [0.717, 1.165) is 5.56 Å². The van der Waals surface area contributed by atoms with Crippen LogP contribution in [-0.2, 0) is 4.79 Å². The summed E-state index contributed by atoms with van der Waals surface area (Å²) in [6, 6.07) is 9.28. The van der Waals surface area contributed by atoms with Gasteiger partial charge in [-0.3, -0.25) is 14.6 Å².